The maximum atomic E-state index is 11.5. The fraction of sp³-hybridized carbons (Fsp3) is 0.818. The van der Waals surface area contributed by atoms with Crippen LogP contribution < -0.4 is 5.32 Å². The standard InChI is InChI=1S/C11H19NO3S/c1-8(13)16-7-11(5-6-11)12-9(14)15-10(2,3)4/h5-7H2,1-4H3,(H,12,14). The Balaban J connectivity index is 2.36. The van der Waals surface area contributed by atoms with Gasteiger partial charge >= 0.3 is 6.09 Å². The summed E-state index contributed by atoms with van der Waals surface area (Å²) in [4.78, 5) is 22.4. The molecule has 1 fully saturated rings. The molecule has 0 heterocycles. The maximum absolute atomic E-state index is 11.5. The lowest BCUT2D eigenvalue weighted by Crippen LogP contribution is -2.42. The Labute approximate surface area is 100 Å². The van der Waals surface area contributed by atoms with Gasteiger partial charge < -0.3 is 10.1 Å². The number of thioether (sulfide) groups is 1. The SMILES string of the molecule is CC(=O)SCC1(NC(=O)OC(C)(C)C)CC1. The summed E-state index contributed by atoms with van der Waals surface area (Å²) in [5.74, 6) is 0.640. The topological polar surface area (TPSA) is 55.4 Å². The Morgan fingerprint density at radius 3 is 2.31 bits per heavy atom. The minimum Gasteiger partial charge on any atom is -0.444 e. The number of nitrogens with one attached hydrogen (secondary N) is 1. The molecule has 1 rings (SSSR count). The molecule has 0 atom stereocenters. The summed E-state index contributed by atoms with van der Waals surface area (Å²) >= 11 is 1.25. The van der Waals surface area contributed by atoms with Gasteiger partial charge in [0.05, 0.1) is 5.54 Å². The molecule has 0 radical (unpaired) electrons. The first-order valence-corrected chi connectivity index (χ1v) is 6.36. The molecule has 4 nitrogen and oxygen atoms in total. The van der Waals surface area contributed by atoms with Crippen molar-refractivity contribution in [3.63, 3.8) is 0 Å². The highest BCUT2D eigenvalue weighted by atomic mass is 32.2. The summed E-state index contributed by atoms with van der Waals surface area (Å²) in [6.45, 7) is 7.03. The lowest BCUT2D eigenvalue weighted by atomic mass is 10.2. The average Bonchev–Trinajstić information content (AvgIpc) is 2.78. The Kier molecular flexibility index (Phi) is 3.88. The van der Waals surface area contributed by atoms with Crippen LogP contribution in [0.2, 0.25) is 0 Å². The van der Waals surface area contributed by atoms with Crippen LogP contribution in [0.3, 0.4) is 0 Å². The van der Waals surface area contributed by atoms with Crippen LogP contribution in [0, 0.1) is 0 Å². The third-order valence-electron chi connectivity index (χ3n) is 2.17. The smallest absolute Gasteiger partial charge is 0.408 e. The van der Waals surface area contributed by atoms with E-state index in [0.717, 1.165) is 12.8 Å². The molecule has 1 saturated carbocycles. The van der Waals surface area contributed by atoms with Crippen LogP contribution in [0.1, 0.15) is 40.5 Å². The van der Waals surface area contributed by atoms with Crippen molar-refractivity contribution in [2.45, 2.75) is 51.7 Å². The number of carbonyl (C=O) groups excluding carboxylic acids is 2. The zero-order valence-electron chi connectivity index (χ0n) is 10.3. The molecule has 1 aliphatic carbocycles. The second-order valence-corrected chi connectivity index (χ2v) is 6.34. The highest BCUT2D eigenvalue weighted by Gasteiger charge is 2.45. The van der Waals surface area contributed by atoms with E-state index < -0.39 is 11.7 Å². The molecular weight excluding hydrogens is 226 g/mol. The molecule has 5 heteroatoms. The van der Waals surface area contributed by atoms with Gasteiger partial charge in [0.2, 0.25) is 0 Å². The van der Waals surface area contributed by atoms with E-state index in [0.29, 0.717) is 5.75 Å². The van der Waals surface area contributed by atoms with Gasteiger partial charge in [-0.3, -0.25) is 4.79 Å². The fourth-order valence-corrected chi connectivity index (χ4v) is 2.06. The number of rotatable bonds is 3. The van der Waals surface area contributed by atoms with Crippen molar-refractivity contribution in [2.75, 3.05) is 5.75 Å². The number of ether oxygens (including phenoxy) is 1. The molecule has 0 aromatic heterocycles. The number of alkyl carbamates (subject to hydrolysis) is 1. The molecule has 1 amide bonds. The molecule has 0 spiro atoms. The van der Waals surface area contributed by atoms with Gasteiger partial charge in [0.15, 0.2) is 5.12 Å². The van der Waals surface area contributed by atoms with Crippen LogP contribution in [0.15, 0.2) is 0 Å². The van der Waals surface area contributed by atoms with Crippen molar-refractivity contribution in [1.29, 1.82) is 0 Å². The van der Waals surface area contributed by atoms with Crippen LogP contribution in [-0.2, 0) is 9.53 Å². The summed E-state index contributed by atoms with van der Waals surface area (Å²) in [6, 6.07) is 0. The Hall–Kier alpha value is -0.710. The Morgan fingerprint density at radius 2 is 1.94 bits per heavy atom. The van der Waals surface area contributed by atoms with E-state index in [-0.39, 0.29) is 10.7 Å². The van der Waals surface area contributed by atoms with Gasteiger partial charge in [0, 0.05) is 12.7 Å². The lowest BCUT2D eigenvalue weighted by Gasteiger charge is -2.23. The summed E-state index contributed by atoms with van der Waals surface area (Å²) in [6.07, 6.45) is 1.45. The highest BCUT2D eigenvalue weighted by Crippen LogP contribution is 2.38. The maximum Gasteiger partial charge on any atom is 0.408 e. The zero-order valence-corrected chi connectivity index (χ0v) is 11.1. The number of amides is 1. The van der Waals surface area contributed by atoms with Gasteiger partial charge in [-0.2, -0.15) is 0 Å². The van der Waals surface area contributed by atoms with Gasteiger partial charge in [0.25, 0.3) is 0 Å². The molecule has 0 unspecified atom stereocenters. The lowest BCUT2D eigenvalue weighted by molar-refractivity contribution is -0.109. The third-order valence-corrected chi connectivity index (χ3v) is 3.27. The van der Waals surface area contributed by atoms with Gasteiger partial charge in [-0.05, 0) is 33.6 Å². The van der Waals surface area contributed by atoms with E-state index in [4.69, 9.17) is 4.74 Å². The minimum absolute atomic E-state index is 0.0808. The monoisotopic (exact) mass is 245 g/mol. The van der Waals surface area contributed by atoms with Crippen LogP contribution in [0.5, 0.6) is 0 Å². The molecule has 1 aliphatic rings. The largest absolute Gasteiger partial charge is 0.444 e. The summed E-state index contributed by atoms with van der Waals surface area (Å²) in [7, 11) is 0. The van der Waals surface area contributed by atoms with Crippen LogP contribution >= 0.6 is 11.8 Å². The van der Waals surface area contributed by atoms with E-state index in [2.05, 4.69) is 5.32 Å². The Morgan fingerprint density at radius 1 is 1.38 bits per heavy atom. The van der Waals surface area contributed by atoms with Crippen molar-refractivity contribution in [1.82, 2.24) is 5.32 Å². The first-order chi connectivity index (χ1) is 7.22. The molecule has 0 bridgehead atoms. The summed E-state index contributed by atoms with van der Waals surface area (Å²) in [5, 5.41) is 2.93. The van der Waals surface area contributed by atoms with Crippen LogP contribution in [0.4, 0.5) is 4.79 Å². The normalized spacial score (nSPS) is 17.8. The van der Waals surface area contributed by atoms with Crippen molar-refractivity contribution in [2.24, 2.45) is 0 Å². The van der Waals surface area contributed by atoms with Crippen molar-refractivity contribution < 1.29 is 14.3 Å². The summed E-state index contributed by atoms with van der Waals surface area (Å²) < 4.78 is 5.18. The molecule has 0 saturated heterocycles. The van der Waals surface area contributed by atoms with Gasteiger partial charge in [-0.1, -0.05) is 11.8 Å². The molecular formula is C11H19NO3S. The predicted molar refractivity (Wildman–Crippen MR) is 64.5 cm³/mol. The van der Waals surface area contributed by atoms with E-state index >= 15 is 0 Å². The van der Waals surface area contributed by atoms with Gasteiger partial charge in [-0.25, -0.2) is 4.79 Å². The van der Waals surface area contributed by atoms with Crippen molar-refractivity contribution >= 4 is 23.0 Å². The Bertz CT molecular complexity index is 292. The van der Waals surface area contributed by atoms with E-state index in [9.17, 15) is 9.59 Å². The van der Waals surface area contributed by atoms with E-state index in [1.807, 2.05) is 20.8 Å². The number of hydrogen-bond acceptors (Lipinski definition) is 4. The second-order valence-electron chi connectivity index (χ2n) is 5.19. The molecule has 92 valence electrons. The number of carbonyl (C=O) groups is 2. The van der Waals surface area contributed by atoms with Crippen molar-refractivity contribution in [3.8, 4) is 0 Å². The molecule has 0 aromatic carbocycles. The third kappa shape index (κ3) is 4.88. The first kappa shape index (κ1) is 13.4. The molecule has 16 heavy (non-hydrogen) atoms. The number of hydrogen-bond donors (Lipinski definition) is 1. The van der Waals surface area contributed by atoms with Gasteiger partial charge in [0.1, 0.15) is 5.60 Å². The van der Waals surface area contributed by atoms with E-state index in [1.54, 1.807) is 0 Å². The van der Waals surface area contributed by atoms with Crippen molar-refractivity contribution in [3.05, 3.63) is 0 Å². The average molecular weight is 245 g/mol. The fourth-order valence-electron chi connectivity index (χ4n) is 1.22. The first-order valence-electron chi connectivity index (χ1n) is 5.37. The molecule has 0 aliphatic heterocycles. The molecule has 1 N–H and O–H groups in total. The van der Waals surface area contributed by atoms with Gasteiger partial charge in [-0.15, -0.1) is 0 Å². The predicted octanol–water partition coefficient (Wildman–Crippen LogP) is 2.32. The van der Waals surface area contributed by atoms with E-state index in [1.165, 1.54) is 18.7 Å². The van der Waals surface area contributed by atoms with Crippen LogP contribution in [-0.4, -0.2) is 28.1 Å². The quantitative estimate of drug-likeness (QED) is 0.829. The zero-order chi connectivity index (χ0) is 12.4. The highest BCUT2D eigenvalue weighted by molar-refractivity contribution is 8.13. The van der Waals surface area contributed by atoms with Crippen LogP contribution in [0.25, 0.3) is 0 Å². The molecule has 0 aromatic rings. The second kappa shape index (κ2) is 4.65. The minimum atomic E-state index is -0.478. The summed E-state index contributed by atoms with van der Waals surface area (Å²) in [5.41, 5.74) is -0.688.